The van der Waals surface area contributed by atoms with Crippen LogP contribution in [0, 0.1) is 5.92 Å². The van der Waals surface area contributed by atoms with Gasteiger partial charge in [-0.25, -0.2) is 0 Å². The molecule has 0 aromatic carbocycles. The quantitative estimate of drug-likeness (QED) is 0.602. The van der Waals surface area contributed by atoms with Gasteiger partial charge in [-0.05, 0) is 25.2 Å². The fraction of sp³-hybridized carbons (Fsp3) is 0.889. The molecular formula is C9H15NO. The Bertz CT molecular complexity index is 146. The highest BCUT2D eigenvalue weighted by atomic mass is 16.1. The third kappa shape index (κ3) is 1.32. The van der Waals surface area contributed by atoms with Crippen LogP contribution >= 0.6 is 0 Å². The van der Waals surface area contributed by atoms with Crippen molar-refractivity contribution in [3.8, 4) is 0 Å². The lowest BCUT2D eigenvalue weighted by atomic mass is 10.0. The van der Waals surface area contributed by atoms with Gasteiger partial charge in [-0.2, -0.15) is 0 Å². The van der Waals surface area contributed by atoms with Gasteiger partial charge in [0, 0.05) is 18.5 Å². The van der Waals surface area contributed by atoms with Crippen LogP contribution in [0.4, 0.5) is 0 Å². The Morgan fingerprint density at radius 2 is 2.36 bits per heavy atom. The Labute approximate surface area is 67.4 Å². The summed E-state index contributed by atoms with van der Waals surface area (Å²) in [6, 6.07) is 1.25. The fourth-order valence-corrected chi connectivity index (χ4v) is 2.56. The van der Waals surface area contributed by atoms with Gasteiger partial charge in [0.25, 0.3) is 0 Å². The maximum absolute atomic E-state index is 10.2. The monoisotopic (exact) mass is 153 g/mol. The van der Waals surface area contributed by atoms with E-state index in [4.69, 9.17) is 0 Å². The van der Waals surface area contributed by atoms with Crippen molar-refractivity contribution in [3.05, 3.63) is 0 Å². The molecule has 2 heteroatoms. The Morgan fingerprint density at radius 1 is 1.45 bits per heavy atom. The van der Waals surface area contributed by atoms with Crippen LogP contribution in [-0.2, 0) is 4.79 Å². The second-order valence-electron chi connectivity index (χ2n) is 3.80. The summed E-state index contributed by atoms with van der Waals surface area (Å²) < 4.78 is 0. The van der Waals surface area contributed by atoms with E-state index in [0.717, 1.165) is 18.2 Å². The van der Waals surface area contributed by atoms with Crippen molar-refractivity contribution in [2.45, 2.75) is 44.2 Å². The molecule has 0 spiro atoms. The lowest BCUT2D eigenvalue weighted by molar-refractivity contribution is -0.108. The van der Waals surface area contributed by atoms with Crippen molar-refractivity contribution >= 4 is 6.29 Å². The van der Waals surface area contributed by atoms with Crippen molar-refractivity contribution in [3.63, 3.8) is 0 Å². The third-order valence-corrected chi connectivity index (χ3v) is 3.08. The number of fused-ring (bicyclic) bond motifs is 1. The third-order valence-electron chi connectivity index (χ3n) is 3.08. The number of hydrogen-bond acceptors (Lipinski definition) is 2. The molecule has 0 bridgehead atoms. The summed E-state index contributed by atoms with van der Waals surface area (Å²) in [6.07, 6.45) is 7.10. The molecule has 11 heavy (non-hydrogen) atoms. The molecule has 0 aromatic rings. The summed E-state index contributed by atoms with van der Waals surface area (Å²) in [5.74, 6) is 0.889. The highest BCUT2D eigenvalue weighted by molar-refractivity contribution is 5.50. The summed E-state index contributed by atoms with van der Waals surface area (Å²) in [7, 11) is 0. The van der Waals surface area contributed by atoms with Gasteiger partial charge in [-0.1, -0.05) is 6.42 Å². The van der Waals surface area contributed by atoms with E-state index in [1.807, 2.05) is 0 Å². The Morgan fingerprint density at radius 3 is 3.09 bits per heavy atom. The van der Waals surface area contributed by atoms with Gasteiger partial charge in [0.15, 0.2) is 0 Å². The molecule has 0 aromatic heterocycles. The molecule has 3 unspecified atom stereocenters. The molecule has 1 saturated heterocycles. The normalized spacial score (nSPS) is 42.4. The van der Waals surface area contributed by atoms with Crippen LogP contribution in [0.2, 0.25) is 0 Å². The lowest BCUT2D eigenvalue weighted by Gasteiger charge is -2.08. The second-order valence-corrected chi connectivity index (χ2v) is 3.80. The topological polar surface area (TPSA) is 29.1 Å². The van der Waals surface area contributed by atoms with Crippen LogP contribution in [0.25, 0.3) is 0 Å². The Hall–Kier alpha value is -0.370. The largest absolute Gasteiger partial charge is 0.311 e. The van der Waals surface area contributed by atoms with Gasteiger partial charge in [0.05, 0.1) is 0 Å². The van der Waals surface area contributed by atoms with E-state index in [1.54, 1.807) is 0 Å². The first-order valence-corrected chi connectivity index (χ1v) is 4.60. The number of carbonyl (C=O) groups excluding carboxylic acids is 1. The summed E-state index contributed by atoms with van der Waals surface area (Å²) >= 11 is 0. The molecule has 1 aliphatic carbocycles. The molecule has 62 valence electrons. The molecule has 2 rings (SSSR count). The number of nitrogens with one attached hydrogen (secondary N) is 1. The summed E-state index contributed by atoms with van der Waals surface area (Å²) in [6.45, 7) is 0. The van der Waals surface area contributed by atoms with E-state index in [-0.39, 0.29) is 0 Å². The molecule has 3 atom stereocenters. The first-order valence-electron chi connectivity index (χ1n) is 4.60. The summed E-state index contributed by atoms with van der Waals surface area (Å²) in [5.41, 5.74) is 0. The maximum atomic E-state index is 10.2. The molecule has 2 fully saturated rings. The Kier molecular flexibility index (Phi) is 1.95. The van der Waals surface area contributed by atoms with Gasteiger partial charge >= 0.3 is 0 Å². The average molecular weight is 153 g/mol. The van der Waals surface area contributed by atoms with Gasteiger partial charge < -0.3 is 10.1 Å². The van der Waals surface area contributed by atoms with Crippen LogP contribution in [0.3, 0.4) is 0 Å². The minimum atomic E-state index is 0.503. The predicted octanol–water partition coefficient (Wildman–Crippen LogP) is 1.11. The SMILES string of the molecule is O=CCC1CC2CCCC2N1. The number of aldehydes is 1. The summed E-state index contributed by atoms with van der Waals surface area (Å²) in [4.78, 5) is 10.2. The van der Waals surface area contributed by atoms with E-state index in [2.05, 4.69) is 5.32 Å². The number of carbonyl (C=O) groups is 1. The van der Waals surface area contributed by atoms with Crippen LogP contribution in [-0.4, -0.2) is 18.4 Å². The van der Waals surface area contributed by atoms with Crippen LogP contribution in [0.15, 0.2) is 0 Å². The average Bonchev–Trinajstić information content (AvgIpc) is 2.46. The van der Waals surface area contributed by atoms with Crippen molar-refractivity contribution in [1.29, 1.82) is 0 Å². The van der Waals surface area contributed by atoms with E-state index in [9.17, 15) is 4.79 Å². The molecule has 1 heterocycles. The lowest BCUT2D eigenvalue weighted by Crippen LogP contribution is -2.29. The van der Waals surface area contributed by atoms with E-state index in [1.165, 1.54) is 25.7 Å². The smallest absolute Gasteiger partial charge is 0.121 e. The van der Waals surface area contributed by atoms with E-state index in [0.29, 0.717) is 12.5 Å². The first kappa shape index (κ1) is 7.29. The molecule has 2 nitrogen and oxygen atoms in total. The van der Waals surface area contributed by atoms with Gasteiger partial charge in [0.2, 0.25) is 0 Å². The molecule has 1 saturated carbocycles. The molecule has 1 N–H and O–H groups in total. The Balaban J connectivity index is 1.89. The standard InChI is InChI=1S/C9H15NO/c11-5-4-8-6-7-2-1-3-9(7)10-8/h5,7-10H,1-4,6H2. The van der Waals surface area contributed by atoms with E-state index < -0.39 is 0 Å². The molecule has 0 radical (unpaired) electrons. The zero-order valence-corrected chi connectivity index (χ0v) is 6.75. The van der Waals surface area contributed by atoms with Crippen LogP contribution in [0.5, 0.6) is 0 Å². The molecule has 1 aliphatic heterocycles. The minimum Gasteiger partial charge on any atom is -0.311 e. The van der Waals surface area contributed by atoms with Crippen LogP contribution in [0.1, 0.15) is 32.1 Å². The zero-order valence-electron chi connectivity index (χ0n) is 6.75. The number of rotatable bonds is 2. The van der Waals surface area contributed by atoms with Gasteiger partial charge in [-0.15, -0.1) is 0 Å². The first-order chi connectivity index (χ1) is 5.40. The van der Waals surface area contributed by atoms with Crippen molar-refractivity contribution in [2.24, 2.45) is 5.92 Å². The molecular weight excluding hydrogens is 138 g/mol. The minimum absolute atomic E-state index is 0.503. The van der Waals surface area contributed by atoms with Crippen molar-refractivity contribution in [1.82, 2.24) is 5.32 Å². The molecule has 0 amide bonds. The second kappa shape index (κ2) is 2.94. The summed E-state index contributed by atoms with van der Waals surface area (Å²) in [5, 5.41) is 3.52. The number of hydrogen-bond donors (Lipinski definition) is 1. The van der Waals surface area contributed by atoms with Crippen molar-refractivity contribution < 1.29 is 4.79 Å². The predicted molar refractivity (Wildman–Crippen MR) is 43.4 cm³/mol. The highest BCUT2D eigenvalue weighted by Gasteiger charge is 2.36. The highest BCUT2D eigenvalue weighted by Crippen LogP contribution is 2.35. The molecule has 2 aliphatic rings. The zero-order chi connectivity index (χ0) is 7.68. The van der Waals surface area contributed by atoms with Crippen molar-refractivity contribution in [2.75, 3.05) is 0 Å². The van der Waals surface area contributed by atoms with Gasteiger partial charge in [0.1, 0.15) is 6.29 Å². The fourth-order valence-electron chi connectivity index (χ4n) is 2.56. The van der Waals surface area contributed by atoms with Crippen LogP contribution < -0.4 is 5.32 Å². The maximum Gasteiger partial charge on any atom is 0.121 e. The van der Waals surface area contributed by atoms with E-state index >= 15 is 0 Å². The van der Waals surface area contributed by atoms with Gasteiger partial charge in [-0.3, -0.25) is 0 Å².